The van der Waals surface area contributed by atoms with Crippen molar-refractivity contribution in [3.8, 4) is 0 Å². The van der Waals surface area contributed by atoms with E-state index < -0.39 is 11.7 Å². The van der Waals surface area contributed by atoms with E-state index in [1.165, 1.54) is 22.5 Å². The number of H-pyrrole nitrogens is 1. The molecule has 2 aromatic rings. The number of nitrogens with one attached hydrogen (secondary N) is 1. The number of hydrogen-bond donors (Lipinski definition) is 2. The Balaban J connectivity index is 2.05. The lowest BCUT2D eigenvalue weighted by Gasteiger charge is -2.07. The minimum atomic E-state index is -0.825. The summed E-state index contributed by atoms with van der Waals surface area (Å²) in [6.45, 7) is 2.02. The lowest BCUT2D eigenvalue weighted by atomic mass is 10.1. The number of hydrogen-bond acceptors (Lipinski definition) is 4. The zero-order chi connectivity index (χ0) is 16.1. The van der Waals surface area contributed by atoms with Crippen LogP contribution in [0.4, 0.5) is 0 Å². The molecule has 1 aromatic heterocycles. The second-order valence-electron chi connectivity index (χ2n) is 4.90. The van der Waals surface area contributed by atoms with Crippen LogP contribution in [0.1, 0.15) is 16.7 Å². The standard InChI is InChI=1S/C15H16N2O4S/c1-10-6-17(15(21)16-14(10)20)7-11-2-4-12(5-3-11)8-22-9-13(18)19/h2-6H,7-9H2,1H3,(H,18,19)(H,16,20,21). The molecule has 116 valence electrons. The molecule has 0 saturated heterocycles. The normalized spacial score (nSPS) is 10.6. The van der Waals surface area contributed by atoms with Gasteiger partial charge < -0.3 is 5.11 Å². The number of aliphatic carboxylic acids is 1. The predicted octanol–water partition coefficient (Wildman–Crippen LogP) is 1.21. The maximum atomic E-state index is 11.7. The van der Waals surface area contributed by atoms with Crippen LogP contribution in [0.25, 0.3) is 0 Å². The van der Waals surface area contributed by atoms with Crippen molar-refractivity contribution >= 4 is 17.7 Å². The van der Waals surface area contributed by atoms with Crippen LogP contribution in [0, 0.1) is 6.92 Å². The van der Waals surface area contributed by atoms with E-state index in [0.29, 0.717) is 17.9 Å². The van der Waals surface area contributed by atoms with E-state index in [1.807, 2.05) is 24.3 Å². The third-order valence-electron chi connectivity index (χ3n) is 3.06. The Bertz CT molecular complexity index is 777. The lowest BCUT2D eigenvalue weighted by Crippen LogP contribution is -2.31. The van der Waals surface area contributed by atoms with Crippen LogP contribution in [0.5, 0.6) is 0 Å². The van der Waals surface area contributed by atoms with Crippen LogP contribution in [-0.4, -0.2) is 26.4 Å². The molecule has 0 unspecified atom stereocenters. The Morgan fingerprint density at radius 3 is 2.50 bits per heavy atom. The van der Waals surface area contributed by atoms with E-state index >= 15 is 0 Å². The first-order valence-electron chi connectivity index (χ1n) is 6.63. The number of carboxylic acids is 1. The number of aryl methyl sites for hydroxylation is 1. The van der Waals surface area contributed by atoms with Gasteiger partial charge in [-0.15, -0.1) is 11.8 Å². The first kappa shape index (κ1) is 16.1. The molecule has 0 saturated carbocycles. The maximum Gasteiger partial charge on any atom is 0.328 e. The molecule has 0 amide bonds. The highest BCUT2D eigenvalue weighted by Gasteiger charge is 2.03. The summed E-state index contributed by atoms with van der Waals surface area (Å²) in [7, 11) is 0. The highest BCUT2D eigenvalue weighted by atomic mass is 32.2. The molecule has 6 nitrogen and oxygen atoms in total. The Morgan fingerprint density at radius 2 is 1.86 bits per heavy atom. The van der Waals surface area contributed by atoms with Gasteiger partial charge in [0.1, 0.15) is 0 Å². The lowest BCUT2D eigenvalue weighted by molar-refractivity contribution is -0.133. The fourth-order valence-electron chi connectivity index (χ4n) is 1.93. The minimum absolute atomic E-state index is 0.0772. The second-order valence-corrected chi connectivity index (χ2v) is 5.89. The predicted molar refractivity (Wildman–Crippen MR) is 85.4 cm³/mol. The third kappa shape index (κ3) is 4.36. The summed E-state index contributed by atoms with van der Waals surface area (Å²) >= 11 is 1.34. The summed E-state index contributed by atoms with van der Waals surface area (Å²) in [6, 6.07) is 7.61. The summed E-state index contributed by atoms with van der Waals surface area (Å²) in [5.74, 6) is -0.118. The average molecular weight is 320 g/mol. The average Bonchev–Trinajstić information content (AvgIpc) is 2.46. The van der Waals surface area contributed by atoms with Crippen LogP contribution in [0.3, 0.4) is 0 Å². The molecular formula is C15H16N2O4S. The fourth-order valence-corrected chi connectivity index (χ4v) is 2.63. The molecule has 7 heteroatoms. The van der Waals surface area contributed by atoms with Crippen LogP contribution < -0.4 is 11.2 Å². The monoisotopic (exact) mass is 320 g/mol. The number of benzene rings is 1. The molecule has 0 aliphatic carbocycles. The molecular weight excluding hydrogens is 304 g/mol. The summed E-state index contributed by atoms with van der Waals surface area (Å²) in [5, 5.41) is 8.59. The molecule has 22 heavy (non-hydrogen) atoms. The first-order valence-corrected chi connectivity index (χ1v) is 7.79. The number of carboxylic acid groups (broad SMARTS) is 1. The van der Waals surface area contributed by atoms with Crippen LogP contribution >= 0.6 is 11.8 Å². The number of rotatable bonds is 6. The van der Waals surface area contributed by atoms with Crippen LogP contribution in [0.15, 0.2) is 40.1 Å². The van der Waals surface area contributed by atoms with Crippen molar-refractivity contribution in [2.75, 3.05) is 5.75 Å². The highest BCUT2D eigenvalue weighted by Crippen LogP contribution is 2.13. The Hall–Kier alpha value is -2.28. The van der Waals surface area contributed by atoms with Gasteiger partial charge in [0, 0.05) is 17.5 Å². The van der Waals surface area contributed by atoms with Crippen molar-refractivity contribution in [1.82, 2.24) is 9.55 Å². The molecule has 1 aromatic carbocycles. The van der Waals surface area contributed by atoms with Gasteiger partial charge in [-0.2, -0.15) is 0 Å². The zero-order valence-corrected chi connectivity index (χ0v) is 12.9. The fraction of sp³-hybridized carbons (Fsp3) is 0.267. The Kier molecular flexibility index (Phi) is 5.21. The van der Waals surface area contributed by atoms with Gasteiger partial charge in [-0.3, -0.25) is 19.1 Å². The third-order valence-corrected chi connectivity index (χ3v) is 4.05. The van der Waals surface area contributed by atoms with Crippen molar-refractivity contribution in [2.24, 2.45) is 0 Å². The van der Waals surface area contributed by atoms with Crippen molar-refractivity contribution < 1.29 is 9.90 Å². The number of aromatic nitrogens is 2. The highest BCUT2D eigenvalue weighted by molar-refractivity contribution is 7.99. The van der Waals surface area contributed by atoms with Gasteiger partial charge >= 0.3 is 11.7 Å². The smallest absolute Gasteiger partial charge is 0.328 e. The number of aromatic amines is 1. The molecule has 0 aliphatic heterocycles. The first-order chi connectivity index (χ1) is 10.5. The molecule has 2 N–H and O–H groups in total. The molecule has 0 atom stereocenters. The van der Waals surface area contributed by atoms with Gasteiger partial charge in [0.2, 0.25) is 0 Å². The van der Waals surface area contributed by atoms with E-state index in [0.717, 1.165) is 11.1 Å². The van der Waals surface area contributed by atoms with Gasteiger partial charge in [-0.25, -0.2) is 4.79 Å². The van der Waals surface area contributed by atoms with Gasteiger partial charge in [0.15, 0.2) is 0 Å². The Labute approximate surface area is 130 Å². The largest absolute Gasteiger partial charge is 0.481 e. The molecule has 0 fully saturated rings. The summed E-state index contributed by atoms with van der Waals surface area (Å²) < 4.78 is 1.45. The van der Waals surface area contributed by atoms with Crippen molar-refractivity contribution in [1.29, 1.82) is 0 Å². The molecule has 0 bridgehead atoms. The number of carbonyl (C=O) groups is 1. The van der Waals surface area contributed by atoms with Crippen LogP contribution in [0.2, 0.25) is 0 Å². The van der Waals surface area contributed by atoms with Crippen LogP contribution in [-0.2, 0) is 17.1 Å². The van der Waals surface area contributed by atoms with E-state index in [1.54, 1.807) is 6.92 Å². The zero-order valence-electron chi connectivity index (χ0n) is 12.0. The van der Waals surface area contributed by atoms with E-state index in [2.05, 4.69) is 4.98 Å². The van der Waals surface area contributed by atoms with E-state index in [-0.39, 0.29) is 11.3 Å². The van der Waals surface area contributed by atoms with E-state index in [4.69, 9.17) is 5.11 Å². The molecule has 0 radical (unpaired) electrons. The van der Waals surface area contributed by atoms with Crippen molar-refractivity contribution in [3.63, 3.8) is 0 Å². The maximum absolute atomic E-state index is 11.7. The van der Waals surface area contributed by atoms with Gasteiger partial charge in [0.05, 0.1) is 12.3 Å². The summed E-state index contributed by atoms with van der Waals surface area (Å²) in [5.41, 5.74) is 1.64. The minimum Gasteiger partial charge on any atom is -0.481 e. The van der Waals surface area contributed by atoms with E-state index in [9.17, 15) is 14.4 Å². The quantitative estimate of drug-likeness (QED) is 0.834. The summed E-state index contributed by atoms with van der Waals surface area (Å²) in [6.07, 6.45) is 1.54. The van der Waals surface area contributed by atoms with Gasteiger partial charge in [-0.05, 0) is 18.1 Å². The molecule has 0 spiro atoms. The van der Waals surface area contributed by atoms with Crippen molar-refractivity contribution in [2.45, 2.75) is 19.2 Å². The van der Waals surface area contributed by atoms with Gasteiger partial charge in [0.25, 0.3) is 5.56 Å². The van der Waals surface area contributed by atoms with Gasteiger partial charge in [-0.1, -0.05) is 24.3 Å². The topological polar surface area (TPSA) is 92.2 Å². The Morgan fingerprint density at radius 1 is 1.23 bits per heavy atom. The molecule has 0 aliphatic rings. The molecule has 1 heterocycles. The van der Waals surface area contributed by atoms with Crippen molar-refractivity contribution in [3.05, 3.63) is 68.0 Å². The number of thioether (sulfide) groups is 1. The summed E-state index contributed by atoms with van der Waals surface area (Å²) in [4.78, 5) is 35.8. The number of nitrogens with zero attached hydrogens (tertiary/aromatic N) is 1. The SMILES string of the molecule is Cc1cn(Cc2ccc(CSCC(=O)O)cc2)c(=O)[nH]c1=O. The molecule has 2 rings (SSSR count). The second kappa shape index (κ2) is 7.13.